The number of aryl methyl sites for hydroxylation is 1. The van der Waals surface area contributed by atoms with E-state index in [0.717, 1.165) is 17.5 Å². The maximum atomic E-state index is 12.1. The lowest BCUT2D eigenvalue weighted by Crippen LogP contribution is -2.27. The fourth-order valence-corrected chi connectivity index (χ4v) is 3.02. The first kappa shape index (κ1) is 19.8. The summed E-state index contributed by atoms with van der Waals surface area (Å²) in [5, 5.41) is 7.66. The molecule has 0 aliphatic heterocycles. The Morgan fingerprint density at radius 2 is 1.89 bits per heavy atom. The first-order chi connectivity index (χ1) is 13.6. The smallest absolute Gasteiger partial charge is 0.221 e. The molecule has 146 valence electrons. The van der Waals surface area contributed by atoms with Gasteiger partial charge in [0.15, 0.2) is 0 Å². The Hall–Kier alpha value is -2.99. The molecule has 1 aromatic heterocycles. The molecule has 0 fully saturated rings. The van der Waals surface area contributed by atoms with Crippen molar-refractivity contribution in [1.82, 2.24) is 15.1 Å². The van der Waals surface area contributed by atoms with Crippen molar-refractivity contribution >= 4 is 16.8 Å². The molecule has 1 N–H and O–H groups in total. The zero-order chi connectivity index (χ0) is 19.8. The number of nitrogens with one attached hydrogen (secondary N) is 1. The Labute approximate surface area is 164 Å². The van der Waals surface area contributed by atoms with Gasteiger partial charge >= 0.3 is 0 Å². The Bertz CT molecular complexity index is 969. The minimum Gasteiger partial charge on any atom is -0.374 e. The fourth-order valence-electron chi connectivity index (χ4n) is 3.02. The average Bonchev–Trinajstić information content (AvgIpc) is 2.73. The quantitative estimate of drug-likeness (QED) is 0.580. The highest BCUT2D eigenvalue weighted by molar-refractivity contribution is 5.79. The van der Waals surface area contributed by atoms with Crippen molar-refractivity contribution in [1.29, 1.82) is 0 Å². The van der Waals surface area contributed by atoms with E-state index in [9.17, 15) is 9.59 Å². The molecule has 28 heavy (non-hydrogen) atoms. The highest BCUT2D eigenvalue weighted by Crippen LogP contribution is 2.15. The second-order valence-corrected chi connectivity index (χ2v) is 6.63. The molecule has 1 amide bonds. The SMILES string of the molecule is CC(OCCCNC(=O)CCn1ncc(=O)c2ccccc21)c1ccccc1. The van der Waals surface area contributed by atoms with Crippen molar-refractivity contribution in [2.45, 2.75) is 32.4 Å². The summed E-state index contributed by atoms with van der Waals surface area (Å²) in [4.78, 5) is 23.9. The van der Waals surface area contributed by atoms with Crippen LogP contribution < -0.4 is 10.7 Å². The Kier molecular flexibility index (Phi) is 6.92. The molecule has 0 bridgehead atoms. The maximum Gasteiger partial charge on any atom is 0.221 e. The zero-order valence-corrected chi connectivity index (χ0v) is 16.0. The predicted molar refractivity (Wildman–Crippen MR) is 109 cm³/mol. The third kappa shape index (κ3) is 5.27. The van der Waals surface area contributed by atoms with Gasteiger partial charge in [-0.3, -0.25) is 14.3 Å². The third-order valence-corrected chi connectivity index (χ3v) is 4.59. The van der Waals surface area contributed by atoms with Crippen LogP contribution in [0.4, 0.5) is 0 Å². The van der Waals surface area contributed by atoms with Crippen LogP contribution in [0.15, 0.2) is 65.6 Å². The standard InChI is InChI=1S/C22H25N3O3/c1-17(18-8-3-2-4-9-18)28-15-7-13-23-22(27)12-14-25-20-11-6-5-10-19(20)21(26)16-24-25/h2-6,8-11,16-17H,7,12-15H2,1H3,(H,23,27). The number of ether oxygens (including phenoxy) is 1. The van der Waals surface area contributed by atoms with Crippen molar-refractivity contribution in [2.75, 3.05) is 13.2 Å². The molecular formula is C22H25N3O3. The predicted octanol–water partition coefficient (Wildman–Crippen LogP) is 3.07. The van der Waals surface area contributed by atoms with Crippen molar-refractivity contribution in [2.24, 2.45) is 0 Å². The highest BCUT2D eigenvalue weighted by atomic mass is 16.5. The van der Waals surface area contributed by atoms with Crippen LogP contribution in [-0.2, 0) is 16.1 Å². The monoisotopic (exact) mass is 379 g/mol. The van der Waals surface area contributed by atoms with Crippen molar-refractivity contribution in [3.8, 4) is 0 Å². The molecule has 1 heterocycles. The van der Waals surface area contributed by atoms with E-state index in [1.807, 2.05) is 55.5 Å². The lowest BCUT2D eigenvalue weighted by molar-refractivity contribution is -0.121. The van der Waals surface area contributed by atoms with Crippen LogP contribution in [-0.4, -0.2) is 28.8 Å². The molecule has 0 saturated heterocycles. The summed E-state index contributed by atoms with van der Waals surface area (Å²) in [5.41, 5.74) is 1.78. The number of aromatic nitrogens is 2. The van der Waals surface area contributed by atoms with Crippen LogP contribution in [0.3, 0.4) is 0 Å². The lowest BCUT2D eigenvalue weighted by atomic mass is 10.1. The van der Waals surface area contributed by atoms with Gasteiger partial charge in [0.05, 0.1) is 24.4 Å². The summed E-state index contributed by atoms with van der Waals surface area (Å²) >= 11 is 0. The van der Waals surface area contributed by atoms with E-state index >= 15 is 0 Å². The van der Waals surface area contributed by atoms with Gasteiger partial charge in [0.1, 0.15) is 0 Å². The molecular weight excluding hydrogens is 354 g/mol. The minimum atomic E-state index is -0.110. The summed E-state index contributed by atoms with van der Waals surface area (Å²) in [6, 6.07) is 17.4. The molecule has 3 rings (SSSR count). The number of carbonyl (C=O) groups excluding carboxylic acids is 1. The number of hydrogen-bond donors (Lipinski definition) is 1. The summed E-state index contributed by atoms with van der Waals surface area (Å²) in [5.74, 6) is -0.0410. The van der Waals surface area contributed by atoms with Crippen LogP contribution in [0.5, 0.6) is 0 Å². The van der Waals surface area contributed by atoms with E-state index in [4.69, 9.17) is 4.74 Å². The highest BCUT2D eigenvalue weighted by Gasteiger charge is 2.07. The molecule has 0 aliphatic rings. The molecule has 6 nitrogen and oxygen atoms in total. The van der Waals surface area contributed by atoms with Gasteiger partial charge in [-0.2, -0.15) is 5.10 Å². The second-order valence-electron chi connectivity index (χ2n) is 6.63. The number of carbonyl (C=O) groups is 1. The van der Waals surface area contributed by atoms with Crippen LogP contribution >= 0.6 is 0 Å². The van der Waals surface area contributed by atoms with E-state index in [0.29, 0.717) is 31.5 Å². The van der Waals surface area contributed by atoms with Crippen molar-refractivity contribution in [3.63, 3.8) is 0 Å². The molecule has 1 atom stereocenters. The number of amides is 1. The van der Waals surface area contributed by atoms with Gasteiger partial charge in [0, 0.05) is 25.0 Å². The van der Waals surface area contributed by atoms with Crippen LogP contribution in [0.2, 0.25) is 0 Å². The number of para-hydroxylation sites is 1. The van der Waals surface area contributed by atoms with Gasteiger partial charge in [-0.15, -0.1) is 0 Å². The largest absolute Gasteiger partial charge is 0.374 e. The van der Waals surface area contributed by atoms with Gasteiger partial charge in [-0.05, 0) is 31.0 Å². The first-order valence-electron chi connectivity index (χ1n) is 9.53. The van der Waals surface area contributed by atoms with E-state index < -0.39 is 0 Å². The summed E-state index contributed by atoms with van der Waals surface area (Å²) in [7, 11) is 0. The van der Waals surface area contributed by atoms with E-state index in [1.165, 1.54) is 6.20 Å². The van der Waals surface area contributed by atoms with Crippen LogP contribution in [0.1, 0.15) is 31.4 Å². The summed E-state index contributed by atoms with van der Waals surface area (Å²) < 4.78 is 7.50. The van der Waals surface area contributed by atoms with Gasteiger partial charge in [0.2, 0.25) is 11.3 Å². The number of nitrogens with zero attached hydrogens (tertiary/aromatic N) is 2. The molecule has 0 radical (unpaired) electrons. The number of rotatable bonds is 9. The van der Waals surface area contributed by atoms with E-state index in [-0.39, 0.29) is 17.4 Å². The van der Waals surface area contributed by atoms with Gasteiger partial charge in [-0.25, -0.2) is 0 Å². The summed E-state index contributed by atoms with van der Waals surface area (Å²) in [6.45, 7) is 3.60. The third-order valence-electron chi connectivity index (χ3n) is 4.59. The minimum absolute atomic E-state index is 0.0386. The first-order valence-corrected chi connectivity index (χ1v) is 9.53. The van der Waals surface area contributed by atoms with Crippen molar-refractivity contribution in [3.05, 3.63) is 76.6 Å². The number of fused-ring (bicyclic) bond motifs is 1. The average molecular weight is 379 g/mol. The normalized spacial score (nSPS) is 12.0. The van der Waals surface area contributed by atoms with E-state index in [1.54, 1.807) is 10.7 Å². The van der Waals surface area contributed by atoms with E-state index in [2.05, 4.69) is 10.4 Å². The zero-order valence-electron chi connectivity index (χ0n) is 16.0. The Morgan fingerprint density at radius 1 is 1.14 bits per heavy atom. The number of benzene rings is 2. The van der Waals surface area contributed by atoms with Gasteiger partial charge < -0.3 is 10.1 Å². The Balaban J connectivity index is 1.39. The second kappa shape index (κ2) is 9.80. The van der Waals surface area contributed by atoms with Crippen molar-refractivity contribution < 1.29 is 9.53 Å². The maximum absolute atomic E-state index is 12.1. The molecule has 0 aliphatic carbocycles. The molecule has 2 aromatic carbocycles. The molecule has 1 unspecified atom stereocenters. The van der Waals surface area contributed by atoms with Gasteiger partial charge in [-0.1, -0.05) is 42.5 Å². The summed E-state index contributed by atoms with van der Waals surface area (Å²) in [6.07, 6.45) is 2.39. The van der Waals surface area contributed by atoms with Crippen LogP contribution in [0.25, 0.3) is 10.9 Å². The molecule has 0 spiro atoms. The molecule has 0 saturated carbocycles. The number of hydrogen-bond acceptors (Lipinski definition) is 4. The molecule has 3 aromatic rings. The lowest BCUT2D eigenvalue weighted by Gasteiger charge is -2.13. The fraction of sp³-hybridized carbons (Fsp3) is 0.318. The Morgan fingerprint density at radius 3 is 2.71 bits per heavy atom. The van der Waals surface area contributed by atoms with Crippen LogP contribution in [0, 0.1) is 0 Å². The molecule has 6 heteroatoms. The topological polar surface area (TPSA) is 73.2 Å². The van der Waals surface area contributed by atoms with Gasteiger partial charge in [0.25, 0.3) is 0 Å².